The summed E-state index contributed by atoms with van der Waals surface area (Å²) in [6.07, 6.45) is 8.99. The highest BCUT2D eigenvalue weighted by atomic mass is 35.5. The van der Waals surface area contributed by atoms with E-state index in [1.165, 1.54) is 19.3 Å². The molecule has 3 unspecified atom stereocenters. The quantitative estimate of drug-likeness (QED) is 0.462. The zero-order valence-corrected chi connectivity index (χ0v) is 21.9. The second kappa shape index (κ2) is 8.54. The van der Waals surface area contributed by atoms with Gasteiger partial charge >= 0.3 is 0 Å². The molecular weight excluding hydrogens is 443 g/mol. The van der Waals surface area contributed by atoms with Crippen molar-refractivity contribution < 1.29 is 15.0 Å². The fourth-order valence-corrected chi connectivity index (χ4v) is 9.08. The van der Waals surface area contributed by atoms with Gasteiger partial charge in [-0.25, -0.2) is 0 Å². The highest BCUT2D eigenvalue weighted by molar-refractivity contribution is 6.21. The topological polar surface area (TPSA) is 57.5 Å². The van der Waals surface area contributed by atoms with E-state index < -0.39 is 11.7 Å². The first kappa shape index (κ1) is 25.0. The van der Waals surface area contributed by atoms with Crippen molar-refractivity contribution in [1.82, 2.24) is 0 Å². The lowest BCUT2D eigenvalue weighted by Gasteiger charge is -2.61. The van der Waals surface area contributed by atoms with Crippen LogP contribution in [0.3, 0.4) is 0 Å². The van der Waals surface area contributed by atoms with Gasteiger partial charge in [-0.3, -0.25) is 4.79 Å². The Hall–Kier alpha value is -0.0900. The summed E-state index contributed by atoms with van der Waals surface area (Å²) in [7, 11) is 0. The number of rotatable bonds is 5. The fraction of sp³-hybridized carbons (Fsp3) is 0.889. The van der Waals surface area contributed by atoms with Crippen LogP contribution in [-0.2, 0) is 4.79 Å². The lowest BCUT2D eigenvalue weighted by atomic mass is 9.45. The first-order valence-corrected chi connectivity index (χ1v) is 13.6. The van der Waals surface area contributed by atoms with Crippen molar-refractivity contribution in [3.63, 3.8) is 0 Å². The predicted octanol–water partition coefficient (Wildman–Crippen LogP) is 6.12. The van der Waals surface area contributed by atoms with Crippen LogP contribution in [0.1, 0.15) is 86.0 Å². The van der Waals surface area contributed by atoms with Gasteiger partial charge in [-0.2, -0.15) is 0 Å². The number of aliphatic hydroxyl groups is 2. The van der Waals surface area contributed by atoms with Crippen LogP contribution in [0.5, 0.6) is 0 Å². The lowest BCUT2D eigenvalue weighted by Crippen LogP contribution is -2.59. The van der Waals surface area contributed by atoms with Crippen LogP contribution in [0.4, 0.5) is 0 Å². The second-order valence-corrected chi connectivity index (χ2v) is 13.6. The molecule has 0 spiro atoms. The maximum absolute atomic E-state index is 12.1. The minimum absolute atomic E-state index is 0.104. The summed E-state index contributed by atoms with van der Waals surface area (Å²) >= 11 is 13.5. The van der Waals surface area contributed by atoms with Crippen LogP contribution < -0.4 is 0 Å². The summed E-state index contributed by atoms with van der Waals surface area (Å²) in [5.41, 5.74) is 0.174. The summed E-state index contributed by atoms with van der Waals surface area (Å²) < 4.78 is 0. The molecular formula is C27H42Cl2O3. The Morgan fingerprint density at radius 3 is 2.50 bits per heavy atom. The van der Waals surface area contributed by atoms with Gasteiger partial charge in [0.05, 0.1) is 22.5 Å². The number of hydrogen-bond donors (Lipinski definition) is 2. The molecule has 0 bridgehead atoms. The zero-order chi connectivity index (χ0) is 23.6. The first-order chi connectivity index (χ1) is 14.8. The Bertz CT molecular complexity index is 773. The molecule has 5 heteroatoms. The molecule has 32 heavy (non-hydrogen) atoms. The molecule has 3 nitrogen and oxygen atoms in total. The first-order valence-electron chi connectivity index (χ1n) is 12.7. The summed E-state index contributed by atoms with van der Waals surface area (Å²) in [4.78, 5) is 12.1. The molecule has 3 fully saturated rings. The van der Waals surface area contributed by atoms with Gasteiger partial charge in [-0.05, 0) is 111 Å². The Morgan fingerprint density at radius 1 is 1.16 bits per heavy atom. The minimum atomic E-state index is -0.854. The fourth-order valence-electron chi connectivity index (χ4n) is 8.46. The minimum Gasteiger partial charge on any atom is -0.389 e. The van der Waals surface area contributed by atoms with Crippen LogP contribution in [0.2, 0.25) is 0 Å². The Morgan fingerprint density at radius 2 is 1.84 bits per heavy atom. The predicted molar refractivity (Wildman–Crippen MR) is 131 cm³/mol. The molecule has 0 radical (unpaired) electrons. The molecule has 182 valence electrons. The number of ketones is 1. The zero-order valence-electron chi connectivity index (χ0n) is 20.4. The molecule has 0 aromatic heterocycles. The van der Waals surface area contributed by atoms with Gasteiger partial charge in [-0.1, -0.05) is 20.8 Å². The number of alkyl halides is 2. The highest BCUT2D eigenvalue weighted by Crippen LogP contribution is 2.68. The maximum Gasteiger partial charge on any atom is 0.155 e. The Kier molecular flexibility index (Phi) is 6.67. The molecule has 0 heterocycles. The van der Waals surface area contributed by atoms with Crippen molar-refractivity contribution in [2.75, 3.05) is 0 Å². The molecule has 0 amide bonds. The SMILES string of the molecule is C[C@H](CCC(Cl)C(C)(C)O)[C@H]1CC[C@H]2[C@@H]3C(Cl)C(O)C4=CC(=O)CC[C@]4(C)[C@H]3CC[C@]12C. The highest BCUT2D eigenvalue weighted by Gasteiger charge is 2.63. The van der Waals surface area contributed by atoms with Crippen molar-refractivity contribution in [3.8, 4) is 0 Å². The van der Waals surface area contributed by atoms with Crippen LogP contribution in [0, 0.1) is 40.4 Å². The molecule has 0 saturated heterocycles. The van der Waals surface area contributed by atoms with Crippen LogP contribution in [0.25, 0.3) is 0 Å². The van der Waals surface area contributed by atoms with E-state index in [0.29, 0.717) is 36.0 Å². The molecule has 4 rings (SSSR count). The van der Waals surface area contributed by atoms with E-state index in [2.05, 4.69) is 20.8 Å². The van der Waals surface area contributed by atoms with Gasteiger partial charge in [0.25, 0.3) is 0 Å². The molecule has 0 aromatic carbocycles. The number of carbonyl (C=O) groups excluding carboxylic acids is 1. The maximum atomic E-state index is 12.1. The summed E-state index contributed by atoms with van der Waals surface area (Å²) in [6.45, 7) is 10.7. The van der Waals surface area contributed by atoms with Gasteiger partial charge in [0.15, 0.2) is 5.78 Å². The molecule has 0 aromatic rings. The van der Waals surface area contributed by atoms with E-state index in [1.54, 1.807) is 19.9 Å². The van der Waals surface area contributed by atoms with E-state index in [4.69, 9.17) is 23.2 Å². The average Bonchev–Trinajstić information content (AvgIpc) is 3.07. The van der Waals surface area contributed by atoms with Crippen LogP contribution in [-0.4, -0.2) is 38.5 Å². The Balaban J connectivity index is 1.55. The standard InChI is InChI=1S/C27H42Cl2O3/c1-15(6-9-21(28)25(2,3)32)17-7-8-18-22-19(11-13-26(17,18)4)27(5)12-10-16(30)14-20(27)24(31)23(22)29/h14-15,17-19,21-24,31-32H,6-13H2,1-5H3/t15-,17-,18+,19+,21?,22+,23?,24?,26-,27-/m1/s1. The molecule has 2 N–H and O–H groups in total. The third kappa shape index (κ3) is 3.91. The molecule has 3 saturated carbocycles. The van der Waals surface area contributed by atoms with E-state index in [0.717, 1.165) is 31.3 Å². The monoisotopic (exact) mass is 484 g/mol. The average molecular weight is 486 g/mol. The van der Waals surface area contributed by atoms with Gasteiger partial charge in [-0.15, -0.1) is 23.2 Å². The van der Waals surface area contributed by atoms with E-state index in [9.17, 15) is 15.0 Å². The van der Waals surface area contributed by atoms with Gasteiger partial charge in [0.1, 0.15) is 0 Å². The van der Waals surface area contributed by atoms with Crippen molar-refractivity contribution in [1.29, 1.82) is 0 Å². The number of halogens is 2. The summed E-state index contributed by atoms with van der Waals surface area (Å²) in [5.74, 6) is 2.57. The molecule has 4 aliphatic rings. The Labute approximate surface area is 204 Å². The second-order valence-electron chi connectivity index (χ2n) is 12.6. The third-order valence-corrected chi connectivity index (χ3v) is 11.7. The van der Waals surface area contributed by atoms with E-state index >= 15 is 0 Å². The van der Waals surface area contributed by atoms with Crippen LogP contribution in [0.15, 0.2) is 11.6 Å². The van der Waals surface area contributed by atoms with Crippen molar-refractivity contribution in [3.05, 3.63) is 11.6 Å². The van der Waals surface area contributed by atoms with Crippen molar-refractivity contribution in [2.24, 2.45) is 40.4 Å². The number of carbonyl (C=O) groups is 1. The number of fused-ring (bicyclic) bond motifs is 5. The normalized spacial score (nSPS) is 46.0. The lowest BCUT2D eigenvalue weighted by molar-refractivity contribution is -0.119. The smallest absolute Gasteiger partial charge is 0.155 e. The number of hydrogen-bond acceptors (Lipinski definition) is 3. The van der Waals surface area contributed by atoms with Crippen molar-refractivity contribution >= 4 is 29.0 Å². The molecule has 4 aliphatic carbocycles. The number of aliphatic hydroxyl groups excluding tert-OH is 1. The largest absolute Gasteiger partial charge is 0.389 e. The van der Waals surface area contributed by atoms with Crippen LogP contribution >= 0.6 is 23.2 Å². The van der Waals surface area contributed by atoms with Gasteiger partial charge < -0.3 is 10.2 Å². The summed E-state index contributed by atoms with van der Waals surface area (Å²) in [5, 5.41) is 20.9. The van der Waals surface area contributed by atoms with Crippen molar-refractivity contribution in [2.45, 2.75) is 108 Å². The van der Waals surface area contributed by atoms with Gasteiger partial charge in [0.2, 0.25) is 0 Å². The summed E-state index contributed by atoms with van der Waals surface area (Å²) in [6, 6.07) is 0. The van der Waals surface area contributed by atoms with E-state index in [1.807, 2.05) is 0 Å². The molecule has 0 aliphatic heterocycles. The molecule has 10 atom stereocenters. The van der Waals surface area contributed by atoms with E-state index in [-0.39, 0.29) is 27.4 Å². The van der Waals surface area contributed by atoms with Gasteiger partial charge in [0, 0.05) is 6.42 Å². The third-order valence-electron chi connectivity index (χ3n) is 10.4.